The molecule has 2 aromatic rings. The van der Waals surface area contributed by atoms with E-state index in [0.29, 0.717) is 30.7 Å². The second kappa shape index (κ2) is 9.55. The van der Waals surface area contributed by atoms with Gasteiger partial charge in [0.2, 0.25) is 15.9 Å². The van der Waals surface area contributed by atoms with E-state index < -0.39 is 16.1 Å². The van der Waals surface area contributed by atoms with Gasteiger partial charge in [-0.25, -0.2) is 12.8 Å². The minimum atomic E-state index is -3.57. The quantitative estimate of drug-likeness (QED) is 0.665. The monoisotopic (exact) mass is 497 g/mol. The van der Waals surface area contributed by atoms with Crippen LogP contribution in [0.4, 0.5) is 4.39 Å². The molecule has 6 nitrogen and oxygen atoms in total. The summed E-state index contributed by atoms with van der Waals surface area (Å²) in [7, 11) is -3.57. The first kappa shape index (κ1) is 22.9. The maximum atomic E-state index is 13.1. The summed E-state index contributed by atoms with van der Waals surface area (Å²) in [6, 6.07) is 12.0. The van der Waals surface area contributed by atoms with Gasteiger partial charge >= 0.3 is 0 Å². The van der Waals surface area contributed by atoms with Gasteiger partial charge in [0.05, 0.1) is 17.0 Å². The minimum Gasteiger partial charge on any atom is -0.348 e. The standard InChI is InChI=1S/C21H25BrFN3O3S/c1-15(17-6-8-19(23)9-7-17)24-21(27)16(2)25-10-12-26(13-11-25)30(28,29)20-5-3-4-18(22)14-20/h3-9,14-16H,10-13H2,1-2H3,(H,24,27). The van der Waals surface area contributed by atoms with E-state index in [0.717, 1.165) is 5.56 Å². The number of halogens is 2. The molecule has 1 aliphatic heterocycles. The van der Waals surface area contributed by atoms with Crippen LogP contribution in [0.5, 0.6) is 0 Å². The smallest absolute Gasteiger partial charge is 0.243 e. The van der Waals surface area contributed by atoms with Crippen molar-refractivity contribution in [2.45, 2.75) is 30.8 Å². The Balaban J connectivity index is 1.57. The van der Waals surface area contributed by atoms with Crippen molar-refractivity contribution in [1.82, 2.24) is 14.5 Å². The van der Waals surface area contributed by atoms with Crippen molar-refractivity contribution < 1.29 is 17.6 Å². The lowest BCUT2D eigenvalue weighted by Gasteiger charge is -2.37. The van der Waals surface area contributed by atoms with Crippen LogP contribution in [0.2, 0.25) is 0 Å². The van der Waals surface area contributed by atoms with Crippen molar-refractivity contribution in [3.63, 3.8) is 0 Å². The molecule has 30 heavy (non-hydrogen) atoms. The molecule has 0 spiro atoms. The zero-order chi connectivity index (χ0) is 21.9. The fraction of sp³-hybridized carbons (Fsp3) is 0.381. The number of amides is 1. The molecule has 2 unspecified atom stereocenters. The number of sulfonamides is 1. The number of carbonyl (C=O) groups is 1. The molecule has 0 saturated carbocycles. The molecule has 3 rings (SSSR count). The molecule has 9 heteroatoms. The predicted octanol–water partition coefficient (Wildman–Crippen LogP) is 3.16. The van der Waals surface area contributed by atoms with Crippen LogP contribution < -0.4 is 5.32 Å². The van der Waals surface area contributed by atoms with Gasteiger partial charge in [-0.1, -0.05) is 34.1 Å². The Labute approximate surface area is 185 Å². The van der Waals surface area contributed by atoms with Crippen LogP contribution in [0.3, 0.4) is 0 Å². The van der Waals surface area contributed by atoms with Gasteiger partial charge < -0.3 is 5.32 Å². The van der Waals surface area contributed by atoms with Crippen LogP contribution in [-0.2, 0) is 14.8 Å². The highest BCUT2D eigenvalue weighted by molar-refractivity contribution is 9.10. The van der Waals surface area contributed by atoms with Gasteiger partial charge in [-0.2, -0.15) is 4.31 Å². The van der Waals surface area contributed by atoms with Crippen molar-refractivity contribution in [2.75, 3.05) is 26.2 Å². The largest absolute Gasteiger partial charge is 0.348 e. The zero-order valence-corrected chi connectivity index (χ0v) is 19.3. The van der Waals surface area contributed by atoms with E-state index >= 15 is 0 Å². The average Bonchev–Trinajstić information content (AvgIpc) is 2.73. The van der Waals surface area contributed by atoms with Gasteiger partial charge in [-0.15, -0.1) is 0 Å². The molecular weight excluding hydrogens is 473 g/mol. The summed E-state index contributed by atoms with van der Waals surface area (Å²) < 4.78 is 41.0. The molecule has 162 valence electrons. The van der Waals surface area contributed by atoms with Crippen LogP contribution >= 0.6 is 15.9 Å². The Bertz CT molecular complexity index is 993. The van der Waals surface area contributed by atoms with Crippen molar-refractivity contribution in [1.29, 1.82) is 0 Å². The number of nitrogens with zero attached hydrogens (tertiary/aromatic N) is 2. The Hall–Kier alpha value is -1.81. The lowest BCUT2D eigenvalue weighted by Crippen LogP contribution is -2.55. The van der Waals surface area contributed by atoms with E-state index in [2.05, 4.69) is 21.2 Å². The molecule has 1 aliphatic rings. The highest BCUT2D eigenvalue weighted by Gasteiger charge is 2.32. The number of carbonyl (C=O) groups excluding carboxylic acids is 1. The highest BCUT2D eigenvalue weighted by Crippen LogP contribution is 2.22. The molecule has 0 radical (unpaired) electrons. The van der Waals surface area contributed by atoms with Crippen LogP contribution in [0.15, 0.2) is 57.9 Å². The number of nitrogens with one attached hydrogen (secondary N) is 1. The first-order valence-corrected chi connectivity index (χ1v) is 12.0. The van der Waals surface area contributed by atoms with E-state index in [1.54, 1.807) is 36.4 Å². The number of hydrogen-bond acceptors (Lipinski definition) is 4. The van der Waals surface area contributed by atoms with Gasteiger partial charge in [-0.3, -0.25) is 9.69 Å². The summed E-state index contributed by atoms with van der Waals surface area (Å²) in [5.41, 5.74) is 0.821. The van der Waals surface area contributed by atoms with Gasteiger partial charge in [0, 0.05) is 30.7 Å². The number of benzene rings is 2. The number of piperazine rings is 1. The normalized spacial score (nSPS) is 18.0. The summed E-state index contributed by atoms with van der Waals surface area (Å²) >= 11 is 3.31. The molecule has 0 aromatic heterocycles. The van der Waals surface area contributed by atoms with E-state index in [4.69, 9.17) is 0 Å². The highest BCUT2D eigenvalue weighted by atomic mass is 79.9. The molecule has 1 fully saturated rings. The molecule has 0 aliphatic carbocycles. The first-order valence-electron chi connectivity index (χ1n) is 9.74. The fourth-order valence-electron chi connectivity index (χ4n) is 3.44. The number of rotatable bonds is 6. The second-order valence-electron chi connectivity index (χ2n) is 7.36. The third-order valence-corrected chi connectivity index (χ3v) is 7.75. The maximum Gasteiger partial charge on any atom is 0.243 e. The van der Waals surface area contributed by atoms with E-state index in [1.807, 2.05) is 18.7 Å². The predicted molar refractivity (Wildman–Crippen MR) is 117 cm³/mol. The summed E-state index contributed by atoms with van der Waals surface area (Å²) in [6.45, 7) is 5.23. The van der Waals surface area contributed by atoms with E-state index in [1.165, 1.54) is 16.4 Å². The van der Waals surface area contributed by atoms with Crippen LogP contribution in [-0.4, -0.2) is 55.8 Å². The summed E-state index contributed by atoms with van der Waals surface area (Å²) in [5, 5.41) is 2.95. The lowest BCUT2D eigenvalue weighted by molar-refractivity contribution is -0.127. The fourth-order valence-corrected chi connectivity index (χ4v) is 5.46. The molecule has 2 aromatic carbocycles. The molecule has 1 N–H and O–H groups in total. The SMILES string of the molecule is CC(NC(=O)C(C)N1CCN(S(=O)(=O)c2cccc(Br)c2)CC1)c1ccc(F)cc1. The number of hydrogen-bond donors (Lipinski definition) is 1. The zero-order valence-electron chi connectivity index (χ0n) is 16.9. The first-order chi connectivity index (χ1) is 14.2. The maximum absolute atomic E-state index is 13.1. The Morgan fingerprint density at radius 2 is 1.70 bits per heavy atom. The molecule has 0 bridgehead atoms. The lowest BCUT2D eigenvalue weighted by atomic mass is 10.1. The van der Waals surface area contributed by atoms with Crippen LogP contribution in [0.1, 0.15) is 25.5 Å². The van der Waals surface area contributed by atoms with Gasteiger partial charge in [-0.05, 0) is 49.7 Å². The topological polar surface area (TPSA) is 69.7 Å². The minimum absolute atomic E-state index is 0.143. The van der Waals surface area contributed by atoms with Crippen molar-refractivity contribution in [2.24, 2.45) is 0 Å². The molecule has 2 atom stereocenters. The van der Waals surface area contributed by atoms with Crippen LogP contribution in [0, 0.1) is 5.82 Å². The summed E-state index contributed by atoms with van der Waals surface area (Å²) in [5.74, 6) is -0.462. The van der Waals surface area contributed by atoms with Crippen molar-refractivity contribution in [3.05, 3.63) is 64.4 Å². The molecule has 1 saturated heterocycles. The van der Waals surface area contributed by atoms with E-state index in [-0.39, 0.29) is 22.7 Å². The third-order valence-electron chi connectivity index (χ3n) is 5.36. The van der Waals surface area contributed by atoms with Gasteiger partial charge in [0.15, 0.2) is 0 Å². The Morgan fingerprint density at radius 3 is 2.30 bits per heavy atom. The Kier molecular flexibility index (Phi) is 7.28. The second-order valence-corrected chi connectivity index (χ2v) is 10.2. The third kappa shape index (κ3) is 5.26. The average molecular weight is 498 g/mol. The van der Waals surface area contributed by atoms with Gasteiger partial charge in [0.1, 0.15) is 5.82 Å². The van der Waals surface area contributed by atoms with E-state index in [9.17, 15) is 17.6 Å². The van der Waals surface area contributed by atoms with Crippen molar-refractivity contribution >= 4 is 31.9 Å². The van der Waals surface area contributed by atoms with Crippen molar-refractivity contribution in [3.8, 4) is 0 Å². The summed E-state index contributed by atoms with van der Waals surface area (Å²) in [4.78, 5) is 14.9. The van der Waals surface area contributed by atoms with Gasteiger partial charge in [0.25, 0.3) is 0 Å². The molecule has 1 heterocycles. The Morgan fingerprint density at radius 1 is 1.07 bits per heavy atom. The molecular formula is C21H25BrFN3O3S. The molecule has 1 amide bonds. The van der Waals surface area contributed by atoms with Crippen LogP contribution in [0.25, 0.3) is 0 Å². The summed E-state index contributed by atoms with van der Waals surface area (Å²) in [6.07, 6.45) is 0.